The van der Waals surface area contributed by atoms with Crippen molar-refractivity contribution in [2.75, 3.05) is 13.2 Å². The Morgan fingerprint density at radius 1 is 0.273 bits per heavy atom. The molecule has 0 aliphatic heterocycles. The van der Waals surface area contributed by atoms with E-state index >= 15 is 0 Å². The van der Waals surface area contributed by atoms with Crippen molar-refractivity contribution in [1.82, 2.24) is 0 Å². The summed E-state index contributed by atoms with van der Waals surface area (Å²) in [6, 6.07) is 0. The maximum atomic E-state index is 12.9. The number of rotatable bonds is 61. The summed E-state index contributed by atoms with van der Waals surface area (Å²) in [4.78, 5) is 38.4. The van der Waals surface area contributed by atoms with Gasteiger partial charge in [0.05, 0.1) is 0 Å². The lowest BCUT2D eigenvalue weighted by molar-refractivity contribution is -0.167. The molecule has 0 N–H and O–H groups in total. The maximum Gasteiger partial charge on any atom is 0.306 e. The van der Waals surface area contributed by atoms with Gasteiger partial charge in [-0.2, -0.15) is 0 Å². The highest BCUT2D eigenvalue weighted by Crippen LogP contribution is 2.17. The summed E-state index contributed by atoms with van der Waals surface area (Å²) in [6.07, 6.45) is 85.0. The zero-order valence-electron chi connectivity index (χ0n) is 51.2. The van der Waals surface area contributed by atoms with E-state index in [4.69, 9.17) is 14.2 Å². The highest BCUT2D eigenvalue weighted by Gasteiger charge is 2.19. The molecule has 0 spiro atoms. The number of unbranched alkanes of at least 4 members (excludes halogenated alkanes) is 38. The number of allylic oxidation sites excluding steroid dienone is 12. The van der Waals surface area contributed by atoms with E-state index in [9.17, 15) is 14.4 Å². The Bertz CT molecular complexity index is 1420. The number of ether oxygens (including phenoxy) is 3. The van der Waals surface area contributed by atoms with E-state index in [0.29, 0.717) is 19.3 Å². The van der Waals surface area contributed by atoms with E-state index in [0.717, 1.165) is 77.0 Å². The van der Waals surface area contributed by atoms with Crippen LogP contribution in [0.1, 0.15) is 342 Å². The van der Waals surface area contributed by atoms with E-state index in [1.165, 1.54) is 218 Å². The third-order valence-electron chi connectivity index (χ3n) is 14.7. The fourth-order valence-corrected chi connectivity index (χ4v) is 9.71. The molecule has 0 aromatic rings. The van der Waals surface area contributed by atoms with Gasteiger partial charge in [-0.25, -0.2) is 0 Å². The number of hydrogen-bond donors (Lipinski definition) is 0. The number of esters is 3. The van der Waals surface area contributed by atoms with Crippen LogP contribution in [-0.4, -0.2) is 37.2 Å². The second kappa shape index (κ2) is 65.4. The van der Waals surface area contributed by atoms with Crippen molar-refractivity contribution in [3.05, 3.63) is 72.9 Å². The van der Waals surface area contributed by atoms with Gasteiger partial charge in [-0.05, 0) is 83.5 Å². The first kappa shape index (κ1) is 73.8. The van der Waals surface area contributed by atoms with Gasteiger partial charge >= 0.3 is 17.9 Å². The first-order valence-electron chi connectivity index (χ1n) is 33.4. The number of carbonyl (C=O) groups excluding carboxylic acids is 3. The molecule has 6 heteroatoms. The van der Waals surface area contributed by atoms with Crippen LogP contribution in [0.2, 0.25) is 0 Å². The molecule has 0 bridgehead atoms. The van der Waals surface area contributed by atoms with Gasteiger partial charge in [0, 0.05) is 19.3 Å². The van der Waals surface area contributed by atoms with Gasteiger partial charge in [0.2, 0.25) is 0 Å². The van der Waals surface area contributed by atoms with Crippen LogP contribution < -0.4 is 0 Å². The van der Waals surface area contributed by atoms with Crippen molar-refractivity contribution in [3.8, 4) is 0 Å². The van der Waals surface area contributed by atoms with Crippen LogP contribution in [0.5, 0.6) is 0 Å². The van der Waals surface area contributed by atoms with Crippen LogP contribution in [0.15, 0.2) is 72.9 Å². The normalized spacial score (nSPS) is 12.5. The molecule has 446 valence electrons. The summed E-state index contributed by atoms with van der Waals surface area (Å²) < 4.78 is 16.9. The second-order valence-electron chi connectivity index (χ2n) is 22.4. The molecule has 1 atom stereocenters. The minimum Gasteiger partial charge on any atom is -0.462 e. The number of hydrogen-bond acceptors (Lipinski definition) is 6. The predicted molar refractivity (Wildman–Crippen MR) is 335 cm³/mol. The van der Waals surface area contributed by atoms with Gasteiger partial charge in [0.15, 0.2) is 6.10 Å². The van der Waals surface area contributed by atoms with Crippen molar-refractivity contribution < 1.29 is 28.6 Å². The van der Waals surface area contributed by atoms with Crippen molar-refractivity contribution in [2.24, 2.45) is 0 Å². The quantitative estimate of drug-likeness (QED) is 0.0261. The lowest BCUT2D eigenvalue weighted by Gasteiger charge is -2.18. The van der Waals surface area contributed by atoms with Gasteiger partial charge in [-0.1, -0.05) is 312 Å². The second-order valence-corrected chi connectivity index (χ2v) is 22.4. The molecule has 0 saturated carbocycles. The van der Waals surface area contributed by atoms with Crippen LogP contribution in [0.4, 0.5) is 0 Å². The molecule has 1 unspecified atom stereocenters. The molecule has 0 amide bonds. The van der Waals surface area contributed by atoms with Crippen LogP contribution in [0, 0.1) is 0 Å². The molecule has 0 saturated heterocycles. The predicted octanol–water partition coefficient (Wildman–Crippen LogP) is 22.9. The van der Waals surface area contributed by atoms with Crippen molar-refractivity contribution >= 4 is 17.9 Å². The minimum absolute atomic E-state index is 0.0910. The Labute approximate surface area is 478 Å². The lowest BCUT2D eigenvalue weighted by atomic mass is 10.0. The third kappa shape index (κ3) is 63.6. The minimum atomic E-state index is -0.799. The van der Waals surface area contributed by atoms with Gasteiger partial charge in [-0.15, -0.1) is 0 Å². The molecule has 0 aromatic heterocycles. The zero-order valence-corrected chi connectivity index (χ0v) is 51.2. The van der Waals surface area contributed by atoms with Crippen molar-refractivity contribution in [3.63, 3.8) is 0 Å². The molecule has 0 fully saturated rings. The summed E-state index contributed by atoms with van der Waals surface area (Å²) in [5, 5.41) is 0. The van der Waals surface area contributed by atoms with Crippen LogP contribution in [0.25, 0.3) is 0 Å². The van der Waals surface area contributed by atoms with Crippen LogP contribution in [-0.2, 0) is 28.6 Å². The Hall–Kier alpha value is -3.15. The van der Waals surface area contributed by atoms with Crippen molar-refractivity contribution in [1.29, 1.82) is 0 Å². The van der Waals surface area contributed by atoms with Gasteiger partial charge in [0.25, 0.3) is 0 Å². The Morgan fingerprint density at radius 2 is 0.519 bits per heavy atom. The molecule has 0 heterocycles. The largest absolute Gasteiger partial charge is 0.462 e. The smallest absolute Gasteiger partial charge is 0.306 e. The Kier molecular flexibility index (Phi) is 62.7. The molecule has 0 aliphatic carbocycles. The van der Waals surface area contributed by atoms with E-state index in [1.807, 2.05) is 0 Å². The standard InChI is InChI=1S/C71H126O6/c1-4-7-10-13-16-19-22-25-28-31-33-35-37-40-43-46-49-52-55-58-61-64-70(73)76-67-68(66-75-69(72)63-60-57-54-51-48-45-42-39-30-27-24-21-18-15-12-9-6-3)77-71(74)65-62-59-56-53-50-47-44-41-38-36-34-32-29-26-23-20-17-14-11-8-5-2/h9,12,18,21,27,30-31,33,42,45,51,54,68H,4-8,10-11,13-17,19-20,22-26,28-29,32,34-41,43-44,46-50,52-53,55-67H2,1-3H3/b12-9-,21-18-,30-27-,33-31-,45-42-,54-51-. The highest BCUT2D eigenvalue weighted by molar-refractivity contribution is 5.71. The fourth-order valence-electron chi connectivity index (χ4n) is 9.71. The van der Waals surface area contributed by atoms with E-state index < -0.39 is 6.10 Å². The summed E-state index contributed by atoms with van der Waals surface area (Å²) in [5.74, 6) is -0.934. The molecule has 0 rings (SSSR count). The van der Waals surface area contributed by atoms with Gasteiger partial charge < -0.3 is 14.2 Å². The van der Waals surface area contributed by atoms with Gasteiger partial charge in [-0.3, -0.25) is 14.4 Å². The third-order valence-corrected chi connectivity index (χ3v) is 14.7. The Morgan fingerprint density at radius 3 is 0.857 bits per heavy atom. The summed E-state index contributed by atoms with van der Waals surface area (Å²) in [6.45, 7) is 6.53. The Balaban J connectivity index is 4.39. The zero-order chi connectivity index (χ0) is 55.7. The summed E-state index contributed by atoms with van der Waals surface area (Å²) in [5.41, 5.74) is 0. The molecule has 6 nitrogen and oxygen atoms in total. The first-order chi connectivity index (χ1) is 38.0. The summed E-state index contributed by atoms with van der Waals surface area (Å²) in [7, 11) is 0. The monoisotopic (exact) mass is 1070 g/mol. The van der Waals surface area contributed by atoms with Crippen LogP contribution in [0.3, 0.4) is 0 Å². The van der Waals surface area contributed by atoms with Gasteiger partial charge in [0.1, 0.15) is 13.2 Å². The summed E-state index contributed by atoms with van der Waals surface area (Å²) >= 11 is 0. The molecule has 0 aromatic carbocycles. The number of carbonyl (C=O) groups is 3. The molecule has 0 aliphatic rings. The van der Waals surface area contributed by atoms with E-state index in [-0.39, 0.29) is 37.5 Å². The average molecular weight is 1080 g/mol. The lowest BCUT2D eigenvalue weighted by Crippen LogP contribution is -2.30. The van der Waals surface area contributed by atoms with E-state index in [1.54, 1.807) is 0 Å². The first-order valence-corrected chi connectivity index (χ1v) is 33.4. The maximum absolute atomic E-state index is 12.9. The molecule has 77 heavy (non-hydrogen) atoms. The molecular weight excluding hydrogens is 949 g/mol. The highest BCUT2D eigenvalue weighted by atomic mass is 16.6. The SMILES string of the molecule is CC/C=C\C/C=C\C/C=C\C/C=C\C/C=C\CCCC(=O)OCC(COC(=O)CCCCCCCCCCC/C=C\CCCCCCCCCC)OC(=O)CCCCCCCCCCCCCCCCCCCCCCC. The molecule has 0 radical (unpaired) electrons. The fraction of sp³-hybridized carbons (Fsp3) is 0.789. The molecular formula is C71H126O6. The topological polar surface area (TPSA) is 78.9 Å². The van der Waals surface area contributed by atoms with E-state index in [2.05, 4.69) is 93.7 Å². The van der Waals surface area contributed by atoms with Crippen molar-refractivity contribution in [2.45, 2.75) is 348 Å². The van der Waals surface area contributed by atoms with Crippen LogP contribution >= 0.6 is 0 Å². The average Bonchev–Trinajstić information content (AvgIpc) is 3.43.